The molecule has 2 aromatic heterocycles. The van der Waals surface area contributed by atoms with Crippen molar-refractivity contribution in [2.75, 3.05) is 25.6 Å². The van der Waals surface area contributed by atoms with E-state index in [-0.39, 0.29) is 22.7 Å². The first-order valence-corrected chi connectivity index (χ1v) is 13.2. The van der Waals surface area contributed by atoms with Gasteiger partial charge in [0.1, 0.15) is 16.5 Å². The number of hydrogen-bond acceptors (Lipinski definition) is 8. The van der Waals surface area contributed by atoms with E-state index >= 15 is 0 Å². The Labute approximate surface area is 227 Å². The van der Waals surface area contributed by atoms with Crippen LogP contribution in [0.25, 0.3) is 27.2 Å². The van der Waals surface area contributed by atoms with E-state index in [0.717, 1.165) is 21.4 Å². The maximum Gasteiger partial charge on any atom is 0.359 e. The Kier molecular flexibility index (Phi) is 7.29. The fourth-order valence-electron chi connectivity index (χ4n) is 4.32. The zero-order chi connectivity index (χ0) is 27.5. The minimum Gasteiger partial charge on any atom is -0.497 e. The van der Waals surface area contributed by atoms with Gasteiger partial charge in [-0.2, -0.15) is 9.78 Å². The highest BCUT2D eigenvalue weighted by Crippen LogP contribution is 2.34. The molecule has 0 saturated carbocycles. The lowest BCUT2D eigenvalue weighted by Gasteiger charge is -2.13. The van der Waals surface area contributed by atoms with Gasteiger partial charge in [0.05, 0.1) is 37.0 Å². The van der Waals surface area contributed by atoms with Crippen LogP contribution in [0.2, 0.25) is 0 Å². The maximum atomic E-state index is 13.7. The van der Waals surface area contributed by atoms with Crippen LogP contribution in [0.15, 0.2) is 70.8 Å². The fourth-order valence-corrected chi connectivity index (χ4v) is 5.25. The normalized spacial score (nSPS) is 10.9. The molecular weight excluding hydrogens is 518 g/mol. The van der Waals surface area contributed by atoms with Gasteiger partial charge in [-0.3, -0.25) is 9.59 Å². The number of fused-ring (bicyclic) bond motifs is 2. The first-order valence-electron chi connectivity index (χ1n) is 12.3. The number of hydrogen-bond donors (Lipinski definition) is 1. The summed E-state index contributed by atoms with van der Waals surface area (Å²) >= 11 is 1.13. The zero-order valence-electron chi connectivity index (χ0n) is 21.5. The summed E-state index contributed by atoms with van der Waals surface area (Å²) in [6, 6.07) is 17.8. The predicted molar refractivity (Wildman–Crippen MR) is 151 cm³/mol. The summed E-state index contributed by atoms with van der Waals surface area (Å²) in [5.74, 6) is -0.0849. The molecule has 10 heteroatoms. The van der Waals surface area contributed by atoms with Crippen LogP contribution in [-0.4, -0.2) is 42.0 Å². The molecule has 0 aliphatic heterocycles. The van der Waals surface area contributed by atoms with E-state index in [1.807, 2.05) is 37.3 Å². The molecule has 0 fully saturated rings. The lowest BCUT2D eigenvalue weighted by atomic mass is 10.0. The summed E-state index contributed by atoms with van der Waals surface area (Å²) in [5.41, 5.74) is 0.248. The number of esters is 1. The number of benzene rings is 3. The van der Waals surface area contributed by atoms with Crippen molar-refractivity contribution in [1.82, 2.24) is 9.78 Å². The summed E-state index contributed by atoms with van der Waals surface area (Å²) in [7, 11) is 1.54. The van der Waals surface area contributed by atoms with Gasteiger partial charge in [0.25, 0.3) is 11.5 Å². The monoisotopic (exact) mass is 543 g/mol. The van der Waals surface area contributed by atoms with Crippen LogP contribution in [0.4, 0.5) is 5.00 Å². The van der Waals surface area contributed by atoms with Crippen LogP contribution in [0.3, 0.4) is 0 Å². The number of methoxy groups -OCH3 is 1. The van der Waals surface area contributed by atoms with E-state index in [1.165, 1.54) is 7.11 Å². The Morgan fingerprint density at radius 1 is 0.974 bits per heavy atom. The molecule has 1 N–H and O–H groups in total. The van der Waals surface area contributed by atoms with Crippen molar-refractivity contribution in [3.63, 3.8) is 0 Å². The Morgan fingerprint density at radius 3 is 2.46 bits per heavy atom. The highest BCUT2D eigenvalue weighted by atomic mass is 32.1. The molecule has 0 unspecified atom stereocenters. The molecule has 2 heterocycles. The molecule has 0 saturated heterocycles. The molecular formula is C29H25N3O6S. The minimum atomic E-state index is -0.673. The van der Waals surface area contributed by atoms with Crippen molar-refractivity contribution in [1.29, 1.82) is 0 Å². The Balaban J connectivity index is 1.67. The Morgan fingerprint density at radius 2 is 1.74 bits per heavy atom. The number of anilines is 1. The second-order valence-electron chi connectivity index (χ2n) is 8.38. The second kappa shape index (κ2) is 11.0. The topological polar surface area (TPSA) is 109 Å². The van der Waals surface area contributed by atoms with Crippen LogP contribution in [-0.2, 0) is 4.74 Å². The minimum absolute atomic E-state index is 0.0285. The third kappa shape index (κ3) is 4.82. The third-order valence-corrected chi connectivity index (χ3v) is 6.98. The molecule has 0 aliphatic rings. The van der Waals surface area contributed by atoms with Gasteiger partial charge in [0.2, 0.25) is 0 Å². The van der Waals surface area contributed by atoms with Gasteiger partial charge in [-0.15, -0.1) is 11.3 Å². The average molecular weight is 544 g/mol. The second-order valence-corrected chi connectivity index (χ2v) is 9.26. The maximum absolute atomic E-state index is 13.7. The number of ether oxygens (including phenoxy) is 3. The Hall–Kier alpha value is -4.70. The van der Waals surface area contributed by atoms with E-state index in [0.29, 0.717) is 40.1 Å². The number of aromatic nitrogens is 2. The SMILES string of the molecule is CCOC(=O)c1nn(-c2ccc(OC)cc2)c(=O)c2c(NC(=O)c3c(OCC)ccc4ccccc34)scc12. The van der Waals surface area contributed by atoms with Crippen molar-refractivity contribution < 1.29 is 23.8 Å². The fraction of sp³-hybridized carbons (Fsp3) is 0.172. The van der Waals surface area contributed by atoms with Gasteiger partial charge in [-0.25, -0.2) is 4.79 Å². The molecule has 5 aromatic rings. The quantitative estimate of drug-likeness (QED) is 0.260. The van der Waals surface area contributed by atoms with Gasteiger partial charge >= 0.3 is 5.97 Å². The number of nitrogens with zero attached hydrogens (tertiary/aromatic N) is 2. The lowest BCUT2D eigenvalue weighted by molar-refractivity contribution is 0.0520. The van der Waals surface area contributed by atoms with Crippen LogP contribution in [0, 0.1) is 0 Å². The molecule has 0 atom stereocenters. The summed E-state index contributed by atoms with van der Waals surface area (Å²) in [4.78, 5) is 40.3. The molecule has 1 amide bonds. The zero-order valence-corrected chi connectivity index (χ0v) is 22.3. The van der Waals surface area contributed by atoms with E-state index in [9.17, 15) is 14.4 Å². The molecule has 198 valence electrons. The van der Waals surface area contributed by atoms with E-state index in [1.54, 1.807) is 42.6 Å². The van der Waals surface area contributed by atoms with Crippen molar-refractivity contribution >= 4 is 49.8 Å². The molecule has 39 heavy (non-hydrogen) atoms. The average Bonchev–Trinajstić information content (AvgIpc) is 3.37. The molecule has 0 radical (unpaired) electrons. The number of carbonyl (C=O) groups is 2. The predicted octanol–water partition coefficient (Wildman–Crippen LogP) is 5.44. The highest BCUT2D eigenvalue weighted by molar-refractivity contribution is 7.16. The van der Waals surface area contributed by atoms with Crippen LogP contribution >= 0.6 is 11.3 Å². The van der Waals surface area contributed by atoms with Crippen LogP contribution in [0.1, 0.15) is 34.7 Å². The number of thiophene rings is 1. The lowest BCUT2D eigenvalue weighted by Crippen LogP contribution is -2.25. The molecule has 5 rings (SSSR count). The highest BCUT2D eigenvalue weighted by Gasteiger charge is 2.25. The Bertz CT molecular complexity index is 1760. The van der Waals surface area contributed by atoms with E-state index < -0.39 is 17.4 Å². The van der Waals surface area contributed by atoms with Gasteiger partial charge in [0.15, 0.2) is 5.69 Å². The summed E-state index contributed by atoms with van der Waals surface area (Å²) < 4.78 is 17.3. The van der Waals surface area contributed by atoms with Gasteiger partial charge < -0.3 is 19.5 Å². The summed E-state index contributed by atoms with van der Waals surface area (Å²) in [6.07, 6.45) is 0. The van der Waals surface area contributed by atoms with Gasteiger partial charge in [-0.05, 0) is 55.0 Å². The van der Waals surface area contributed by atoms with Crippen molar-refractivity contribution in [3.8, 4) is 17.2 Å². The summed E-state index contributed by atoms with van der Waals surface area (Å²) in [5, 5.41) is 11.2. The standard InChI is InChI=1S/C29H25N3O6S/c1-4-37-22-15-10-17-8-6-7-9-20(17)23(22)26(33)30-27-24-21(16-39-27)25(29(35)38-5-2)31-32(28(24)34)18-11-13-19(36-3)14-12-18/h6-16H,4-5H2,1-3H3,(H,30,33). The van der Waals surface area contributed by atoms with Gasteiger partial charge in [-0.1, -0.05) is 30.3 Å². The van der Waals surface area contributed by atoms with E-state index in [2.05, 4.69) is 10.4 Å². The molecule has 0 spiro atoms. The molecule has 0 bridgehead atoms. The smallest absolute Gasteiger partial charge is 0.359 e. The summed E-state index contributed by atoms with van der Waals surface area (Å²) in [6.45, 7) is 4.05. The molecule has 0 aliphatic carbocycles. The number of amides is 1. The third-order valence-electron chi connectivity index (χ3n) is 6.08. The first-order chi connectivity index (χ1) is 19.0. The van der Waals surface area contributed by atoms with Crippen LogP contribution in [0.5, 0.6) is 11.5 Å². The van der Waals surface area contributed by atoms with E-state index in [4.69, 9.17) is 14.2 Å². The molecule has 3 aromatic carbocycles. The van der Waals surface area contributed by atoms with Gasteiger partial charge in [0, 0.05) is 10.8 Å². The number of nitrogens with one attached hydrogen (secondary N) is 1. The first kappa shape index (κ1) is 25.9. The number of rotatable bonds is 8. The van der Waals surface area contributed by atoms with Crippen molar-refractivity contribution in [3.05, 3.63) is 87.7 Å². The number of carbonyl (C=O) groups excluding carboxylic acids is 2. The molecule has 9 nitrogen and oxygen atoms in total. The van der Waals surface area contributed by atoms with Crippen molar-refractivity contribution in [2.24, 2.45) is 0 Å². The largest absolute Gasteiger partial charge is 0.497 e. The van der Waals surface area contributed by atoms with Crippen molar-refractivity contribution in [2.45, 2.75) is 13.8 Å². The van der Waals surface area contributed by atoms with Crippen LogP contribution < -0.4 is 20.3 Å².